The van der Waals surface area contributed by atoms with Gasteiger partial charge in [-0.05, 0) is 85.1 Å². The third kappa shape index (κ3) is 5.82. The van der Waals surface area contributed by atoms with E-state index in [2.05, 4.69) is 20.0 Å². The normalized spacial score (nSPS) is 24.2. The van der Waals surface area contributed by atoms with Crippen molar-refractivity contribution in [2.75, 3.05) is 19.6 Å². The van der Waals surface area contributed by atoms with Crippen LogP contribution in [0.4, 0.5) is 26.3 Å². The lowest BCUT2D eigenvalue weighted by atomic mass is 9.80. The average molecular weight is 592 g/mol. The van der Waals surface area contributed by atoms with Crippen LogP contribution in [0.1, 0.15) is 35.1 Å². The molecule has 1 unspecified atom stereocenters. The number of benzene rings is 2. The molecule has 41 heavy (non-hydrogen) atoms. The number of nitrogens with zero attached hydrogens (tertiary/aromatic N) is 5. The summed E-state index contributed by atoms with van der Waals surface area (Å²) in [5.41, 5.74) is -1.91. The molecule has 0 spiro atoms. The number of fused-ring (bicyclic) bond motifs is 4. The van der Waals surface area contributed by atoms with Crippen LogP contribution in [0.2, 0.25) is 0 Å². The molecule has 1 amide bonds. The van der Waals surface area contributed by atoms with E-state index in [0.717, 1.165) is 38.5 Å². The second-order valence-corrected chi connectivity index (χ2v) is 11.4. The van der Waals surface area contributed by atoms with Crippen LogP contribution in [0.5, 0.6) is 0 Å². The Labute approximate surface area is 234 Å². The summed E-state index contributed by atoms with van der Waals surface area (Å²) in [7, 11) is 0. The number of thioether (sulfide) groups is 1. The maximum atomic E-state index is 13.6. The van der Waals surface area contributed by atoms with Crippen LogP contribution in [0.25, 0.3) is 17.0 Å². The third-order valence-electron chi connectivity index (χ3n) is 7.72. The van der Waals surface area contributed by atoms with Crippen LogP contribution in [-0.2, 0) is 23.7 Å². The lowest BCUT2D eigenvalue weighted by Gasteiger charge is -2.43. The zero-order valence-corrected chi connectivity index (χ0v) is 22.2. The van der Waals surface area contributed by atoms with E-state index in [0.29, 0.717) is 44.4 Å². The third-order valence-corrected chi connectivity index (χ3v) is 8.61. The molecule has 2 bridgehead atoms. The van der Waals surface area contributed by atoms with Gasteiger partial charge in [0.05, 0.1) is 34.3 Å². The van der Waals surface area contributed by atoms with Gasteiger partial charge in [-0.25, -0.2) is 4.99 Å². The molecule has 0 aliphatic carbocycles. The summed E-state index contributed by atoms with van der Waals surface area (Å²) in [6, 6.07) is 6.65. The zero-order chi connectivity index (χ0) is 28.9. The molecule has 7 rings (SSSR count). The first-order chi connectivity index (χ1) is 19.4. The molecular formula is C28H23F6N5OS. The Kier molecular flexibility index (Phi) is 7.05. The van der Waals surface area contributed by atoms with Gasteiger partial charge in [0, 0.05) is 24.1 Å². The van der Waals surface area contributed by atoms with Crippen molar-refractivity contribution in [3.8, 4) is 0 Å². The van der Waals surface area contributed by atoms with Gasteiger partial charge >= 0.3 is 12.4 Å². The first-order valence-corrected chi connectivity index (χ1v) is 13.8. The molecule has 0 saturated carbocycles. The molecule has 1 atom stereocenters. The van der Waals surface area contributed by atoms with E-state index in [4.69, 9.17) is 0 Å². The number of amidine groups is 1. The number of hydrogen-bond donors (Lipinski definition) is 0. The van der Waals surface area contributed by atoms with Gasteiger partial charge in [0.1, 0.15) is 0 Å². The highest BCUT2D eigenvalue weighted by Gasteiger charge is 2.38. The summed E-state index contributed by atoms with van der Waals surface area (Å²) in [5, 5.41) is 5.15. The number of amides is 1. The zero-order valence-electron chi connectivity index (χ0n) is 21.4. The number of piperidine rings is 3. The van der Waals surface area contributed by atoms with Crippen molar-refractivity contribution < 1.29 is 31.1 Å². The van der Waals surface area contributed by atoms with Gasteiger partial charge in [-0.3, -0.25) is 9.48 Å². The van der Waals surface area contributed by atoms with Crippen LogP contribution >= 0.6 is 11.8 Å². The minimum atomic E-state index is -4.97. The largest absolute Gasteiger partial charge is 0.416 e. The van der Waals surface area contributed by atoms with Crippen LogP contribution in [0.15, 0.2) is 57.5 Å². The summed E-state index contributed by atoms with van der Waals surface area (Å²) in [4.78, 5) is 23.9. The Bertz CT molecular complexity index is 1600. The molecule has 3 fully saturated rings. The second-order valence-electron chi connectivity index (χ2n) is 10.4. The van der Waals surface area contributed by atoms with E-state index >= 15 is 0 Å². The Morgan fingerprint density at radius 1 is 1.02 bits per heavy atom. The molecule has 13 heteroatoms. The molecule has 6 nitrogen and oxygen atoms in total. The minimum absolute atomic E-state index is 0.124. The summed E-state index contributed by atoms with van der Waals surface area (Å²) in [6.45, 7) is 2.86. The van der Waals surface area contributed by atoms with Crippen molar-refractivity contribution in [1.29, 1.82) is 0 Å². The smallest absolute Gasteiger partial charge is 0.303 e. The molecule has 214 valence electrons. The number of hydrogen-bond acceptors (Lipinski definition) is 5. The van der Waals surface area contributed by atoms with E-state index in [1.807, 2.05) is 6.21 Å². The van der Waals surface area contributed by atoms with Crippen molar-refractivity contribution >= 4 is 46.0 Å². The highest BCUT2D eigenvalue weighted by molar-refractivity contribution is 8.18. The SMILES string of the molecule is O=C1N=C(/N=C/C2CN3CCC2CC3)S/C1=C\c1ccc2c(cnn2Cc2ccc(C(F)(F)F)cc2C(F)(F)F)c1. The summed E-state index contributed by atoms with van der Waals surface area (Å²) < 4.78 is 81.1. The molecule has 5 heterocycles. The van der Waals surface area contributed by atoms with Gasteiger partial charge in [-0.2, -0.15) is 36.4 Å². The van der Waals surface area contributed by atoms with Crippen molar-refractivity contribution in [2.24, 2.45) is 21.8 Å². The molecule has 3 aromatic rings. The Hall–Kier alpha value is -3.45. The van der Waals surface area contributed by atoms with E-state index in [1.54, 1.807) is 24.3 Å². The number of halogens is 6. The standard InChI is InChI=1S/C28H23F6N5OS/c29-27(30,31)21-3-2-18(22(11-21)28(32,33)34)15-39-23-4-1-16(9-19(23)13-36-39)10-24-25(40)37-26(41-24)35-12-20-14-38-7-5-17(20)6-8-38/h1-4,9-13,17,20H,5-8,14-15H2/b24-10-,35-12+. The number of alkyl halides is 6. The molecule has 4 aliphatic heterocycles. The van der Waals surface area contributed by atoms with Gasteiger partial charge < -0.3 is 4.90 Å². The molecule has 3 saturated heterocycles. The fourth-order valence-corrected chi connectivity index (χ4v) is 6.35. The van der Waals surface area contributed by atoms with Crippen molar-refractivity contribution in [3.63, 3.8) is 0 Å². The van der Waals surface area contributed by atoms with Crippen LogP contribution < -0.4 is 0 Å². The monoisotopic (exact) mass is 591 g/mol. The lowest BCUT2D eigenvalue weighted by molar-refractivity contribution is -0.143. The predicted molar refractivity (Wildman–Crippen MR) is 144 cm³/mol. The molecule has 0 radical (unpaired) electrons. The number of carbonyl (C=O) groups is 1. The number of aromatic nitrogens is 2. The molecule has 1 aromatic heterocycles. The van der Waals surface area contributed by atoms with Crippen molar-refractivity contribution in [1.82, 2.24) is 14.7 Å². The molecule has 2 aromatic carbocycles. The van der Waals surface area contributed by atoms with Crippen LogP contribution in [0.3, 0.4) is 0 Å². The maximum absolute atomic E-state index is 13.6. The van der Waals surface area contributed by atoms with Gasteiger partial charge in [0.25, 0.3) is 5.91 Å². The van der Waals surface area contributed by atoms with Crippen molar-refractivity contribution in [3.05, 3.63) is 69.8 Å². The number of carbonyl (C=O) groups excluding carboxylic acids is 1. The first-order valence-electron chi connectivity index (χ1n) is 13.0. The van der Waals surface area contributed by atoms with E-state index < -0.39 is 29.4 Å². The number of aliphatic imine (C=N–C) groups is 2. The Balaban J connectivity index is 1.18. The number of rotatable bonds is 4. The average Bonchev–Trinajstić information content (AvgIpc) is 3.49. The predicted octanol–water partition coefficient (Wildman–Crippen LogP) is 6.51. The van der Waals surface area contributed by atoms with Gasteiger partial charge in [-0.15, -0.1) is 0 Å². The summed E-state index contributed by atoms with van der Waals surface area (Å²) >= 11 is 1.18. The highest BCUT2D eigenvalue weighted by atomic mass is 32.2. The molecule has 4 aliphatic rings. The topological polar surface area (TPSA) is 62.9 Å². The second kappa shape index (κ2) is 10.4. The maximum Gasteiger partial charge on any atom is 0.416 e. The minimum Gasteiger partial charge on any atom is -0.303 e. The van der Waals surface area contributed by atoms with Crippen molar-refractivity contribution in [2.45, 2.75) is 31.7 Å². The van der Waals surface area contributed by atoms with E-state index in [1.165, 1.54) is 22.6 Å². The van der Waals surface area contributed by atoms with Gasteiger partial charge in [0.15, 0.2) is 5.17 Å². The fourth-order valence-electron chi connectivity index (χ4n) is 5.58. The van der Waals surface area contributed by atoms with E-state index in [-0.39, 0.29) is 18.2 Å². The van der Waals surface area contributed by atoms with E-state index in [9.17, 15) is 31.1 Å². The summed E-state index contributed by atoms with van der Waals surface area (Å²) in [6.07, 6.45) is -2.50. The Morgan fingerprint density at radius 3 is 2.49 bits per heavy atom. The summed E-state index contributed by atoms with van der Waals surface area (Å²) in [5.74, 6) is 0.583. The highest BCUT2D eigenvalue weighted by Crippen LogP contribution is 2.38. The van der Waals surface area contributed by atoms with Gasteiger partial charge in [-0.1, -0.05) is 12.1 Å². The van der Waals surface area contributed by atoms with Crippen LogP contribution in [0, 0.1) is 11.8 Å². The van der Waals surface area contributed by atoms with Gasteiger partial charge in [0.2, 0.25) is 0 Å². The molecular weight excluding hydrogens is 568 g/mol. The first kappa shape index (κ1) is 27.7. The van der Waals surface area contributed by atoms with Crippen LogP contribution in [-0.4, -0.2) is 51.6 Å². The fraction of sp³-hybridized carbons (Fsp3) is 0.357. The Morgan fingerprint density at radius 2 is 1.80 bits per heavy atom. The molecule has 0 N–H and O–H groups in total. The quantitative estimate of drug-likeness (QED) is 0.197. The lowest BCUT2D eigenvalue weighted by Crippen LogP contribution is -2.47.